The fourth-order valence-electron chi connectivity index (χ4n) is 3.13. The van der Waals surface area contributed by atoms with Gasteiger partial charge in [-0.05, 0) is 24.1 Å². The maximum absolute atomic E-state index is 11.8. The summed E-state index contributed by atoms with van der Waals surface area (Å²) < 4.78 is 0. The highest BCUT2D eigenvalue weighted by atomic mass is 16.1. The van der Waals surface area contributed by atoms with E-state index >= 15 is 0 Å². The first-order valence-corrected chi connectivity index (χ1v) is 7.54. The Kier molecular flexibility index (Phi) is 2.91. The molecule has 0 spiro atoms. The molecule has 4 rings (SSSR count). The predicted octanol–water partition coefficient (Wildman–Crippen LogP) is 2.91. The molecular weight excluding hydrogens is 288 g/mol. The summed E-state index contributed by atoms with van der Waals surface area (Å²) in [4.78, 5) is 19.8. The average Bonchev–Trinajstić information content (AvgIpc) is 3.17. The van der Waals surface area contributed by atoms with E-state index in [4.69, 9.17) is 4.98 Å². The monoisotopic (exact) mass is 302 g/mol. The summed E-state index contributed by atoms with van der Waals surface area (Å²) >= 11 is 0. The molecule has 112 valence electrons. The Morgan fingerprint density at radius 2 is 2.22 bits per heavy atom. The molecule has 1 amide bonds. The van der Waals surface area contributed by atoms with Crippen LogP contribution >= 0.6 is 0 Å². The Hall–Kier alpha value is -3.13. The van der Waals surface area contributed by atoms with Gasteiger partial charge in [-0.3, -0.25) is 4.79 Å². The summed E-state index contributed by atoms with van der Waals surface area (Å²) in [6.07, 6.45) is 2.68. The van der Waals surface area contributed by atoms with Crippen molar-refractivity contribution in [3.05, 3.63) is 52.8 Å². The van der Waals surface area contributed by atoms with Crippen molar-refractivity contribution in [1.82, 2.24) is 15.3 Å². The van der Waals surface area contributed by atoms with Crippen LogP contribution in [0.2, 0.25) is 0 Å². The molecule has 0 aliphatic carbocycles. The molecule has 0 fully saturated rings. The highest BCUT2D eigenvalue weighted by Crippen LogP contribution is 2.33. The van der Waals surface area contributed by atoms with Crippen molar-refractivity contribution in [3.63, 3.8) is 0 Å². The second kappa shape index (κ2) is 4.96. The van der Waals surface area contributed by atoms with Crippen molar-refractivity contribution < 1.29 is 4.79 Å². The van der Waals surface area contributed by atoms with Crippen molar-refractivity contribution in [1.29, 1.82) is 5.26 Å². The molecule has 0 saturated carbocycles. The molecule has 3 heterocycles. The van der Waals surface area contributed by atoms with Crippen LogP contribution in [-0.4, -0.2) is 15.9 Å². The Morgan fingerprint density at radius 3 is 3.00 bits per heavy atom. The molecule has 1 aliphatic heterocycles. The lowest BCUT2D eigenvalue weighted by atomic mass is 10.00. The number of benzene rings is 1. The number of aryl methyl sites for hydroxylation is 1. The van der Waals surface area contributed by atoms with Gasteiger partial charge in [-0.15, -0.1) is 0 Å². The number of aromatic amines is 1. The minimum Gasteiger partial charge on any atom is -0.359 e. The minimum absolute atomic E-state index is 0.0561. The normalized spacial score (nSPS) is 13.0. The van der Waals surface area contributed by atoms with E-state index in [9.17, 15) is 10.1 Å². The van der Waals surface area contributed by atoms with Crippen LogP contribution < -0.4 is 5.32 Å². The van der Waals surface area contributed by atoms with Gasteiger partial charge in [-0.2, -0.15) is 5.26 Å². The van der Waals surface area contributed by atoms with Crippen LogP contribution in [0, 0.1) is 11.3 Å². The third-order valence-electron chi connectivity index (χ3n) is 4.31. The van der Waals surface area contributed by atoms with Crippen molar-refractivity contribution >= 4 is 16.8 Å². The van der Waals surface area contributed by atoms with Crippen molar-refractivity contribution in [2.75, 3.05) is 0 Å². The van der Waals surface area contributed by atoms with Crippen molar-refractivity contribution in [3.8, 4) is 17.3 Å². The number of H-pyrrole nitrogens is 1. The number of fused-ring (bicyclic) bond motifs is 2. The summed E-state index contributed by atoms with van der Waals surface area (Å²) in [6.45, 7) is 2.52. The molecule has 5 heteroatoms. The van der Waals surface area contributed by atoms with E-state index in [0.29, 0.717) is 17.7 Å². The molecule has 2 N–H and O–H groups in total. The van der Waals surface area contributed by atoms with Gasteiger partial charge in [-0.1, -0.05) is 19.1 Å². The number of pyridine rings is 1. The van der Waals surface area contributed by atoms with Gasteiger partial charge in [0.2, 0.25) is 0 Å². The van der Waals surface area contributed by atoms with Crippen LogP contribution in [0.15, 0.2) is 30.5 Å². The van der Waals surface area contributed by atoms with Crippen molar-refractivity contribution in [2.24, 2.45) is 0 Å². The molecule has 0 bridgehead atoms. The fourth-order valence-corrected chi connectivity index (χ4v) is 3.13. The first kappa shape index (κ1) is 13.5. The van der Waals surface area contributed by atoms with Crippen LogP contribution in [-0.2, 0) is 13.0 Å². The number of hydrogen-bond acceptors (Lipinski definition) is 3. The molecule has 3 aromatic rings. The van der Waals surface area contributed by atoms with Gasteiger partial charge in [-0.25, -0.2) is 4.98 Å². The number of amides is 1. The van der Waals surface area contributed by atoms with E-state index in [1.807, 2.05) is 24.4 Å². The van der Waals surface area contributed by atoms with Crippen LogP contribution in [0.1, 0.15) is 34.1 Å². The van der Waals surface area contributed by atoms with E-state index in [0.717, 1.165) is 39.8 Å². The average molecular weight is 302 g/mol. The first-order valence-electron chi connectivity index (χ1n) is 7.54. The molecule has 0 unspecified atom stereocenters. The lowest BCUT2D eigenvalue weighted by Crippen LogP contribution is -2.12. The molecule has 1 aromatic carbocycles. The van der Waals surface area contributed by atoms with E-state index < -0.39 is 0 Å². The Balaban J connectivity index is 1.99. The number of para-hydroxylation sites is 1. The fraction of sp³-hybridized carbons (Fsp3) is 0.167. The molecule has 23 heavy (non-hydrogen) atoms. The second-order valence-corrected chi connectivity index (χ2v) is 5.57. The number of hydrogen-bond donors (Lipinski definition) is 2. The van der Waals surface area contributed by atoms with E-state index in [1.54, 1.807) is 6.07 Å². The maximum atomic E-state index is 11.8. The molecule has 0 radical (unpaired) electrons. The van der Waals surface area contributed by atoms with Gasteiger partial charge in [0.05, 0.1) is 34.6 Å². The van der Waals surface area contributed by atoms with Gasteiger partial charge in [0.1, 0.15) is 6.07 Å². The summed E-state index contributed by atoms with van der Waals surface area (Å²) in [5.41, 5.74) is 5.77. The Morgan fingerprint density at radius 1 is 1.35 bits per heavy atom. The van der Waals surface area contributed by atoms with Gasteiger partial charge >= 0.3 is 0 Å². The number of nitriles is 1. The largest absolute Gasteiger partial charge is 0.359 e. The quantitative estimate of drug-likeness (QED) is 0.763. The Labute approximate surface area is 133 Å². The van der Waals surface area contributed by atoms with Crippen LogP contribution in [0.25, 0.3) is 22.2 Å². The van der Waals surface area contributed by atoms with Gasteiger partial charge < -0.3 is 10.3 Å². The van der Waals surface area contributed by atoms with E-state index in [1.165, 1.54) is 0 Å². The third kappa shape index (κ3) is 1.92. The zero-order chi connectivity index (χ0) is 16.0. The van der Waals surface area contributed by atoms with Crippen LogP contribution in [0.4, 0.5) is 0 Å². The highest BCUT2D eigenvalue weighted by molar-refractivity contribution is 6.01. The summed E-state index contributed by atoms with van der Waals surface area (Å²) in [7, 11) is 0. The number of rotatable bonds is 2. The highest BCUT2D eigenvalue weighted by Gasteiger charge is 2.23. The molecular formula is C18H14N4O. The zero-order valence-corrected chi connectivity index (χ0v) is 12.6. The third-order valence-corrected chi connectivity index (χ3v) is 4.31. The van der Waals surface area contributed by atoms with Crippen LogP contribution in [0.3, 0.4) is 0 Å². The number of nitrogens with one attached hydrogen (secondary N) is 2. The molecule has 5 nitrogen and oxygen atoms in total. The van der Waals surface area contributed by atoms with E-state index in [2.05, 4.69) is 23.3 Å². The zero-order valence-electron chi connectivity index (χ0n) is 12.6. The summed E-state index contributed by atoms with van der Waals surface area (Å²) in [5, 5.41) is 13.0. The second-order valence-electron chi connectivity index (χ2n) is 5.57. The number of aromatic nitrogens is 2. The van der Waals surface area contributed by atoms with Gasteiger partial charge in [0, 0.05) is 17.1 Å². The predicted molar refractivity (Wildman–Crippen MR) is 86.8 cm³/mol. The molecule has 1 aliphatic rings. The Bertz CT molecular complexity index is 994. The first-order chi connectivity index (χ1) is 11.2. The van der Waals surface area contributed by atoms with E-state index in [-0.39, 0.29) is 5.91 Å². The number of carbonyl (C=O) groups excluding carboxylic acids is 1. The topological polar surface area (TPSA) is 81.6 Å². The molecule has 2 aromatic heterocycles. The number of nitrogens with zero attached hydrogens (tertiary/aromatic N) is 2. The lowest BCUT2D eigenvalue weighted by Gasteiger charge is -2.08. The lowest BCUT2D eigenvalue weighted by molar-refractivity contribution is 0.0965. The minimum atomic E-state index is -0.0561. The van der Waals surface area contributed by atoms with Crippen LogP contribution in [0.5, 0.6) is 0 Å². The SMILES string of the molecule is CCc1cc2c(nc1-c1c[nH]c3c(C#N)cccc13)CNC2=O. The summed E-state index contributed by atoms with van der Waals surface area (Å²) in [5.74, 6) is -0.0561. The standard InChI is InChI=1S/C18H14N4O/c1-2-10-6-13-15(9-21-18(13)23)22-17(10)14-8-20-16-11(7-19)4-3-5-12(14)16/h3-6,8,20H,2,9H2,1H3,(H,21,23). The number of carbonyl (C=O) groups is 1. The molecule has 0 saturated heterocycles. The summed E-state index contributed by atoms with van der Waals surface area (Å²) in [6, 6.07) is 9.80. The maximum Gasteiger partial charge on any atom is 0.253 e. The molecule has 0 atom stereocenters. The van der Waals surface area contributed by atoms with Crippen molar-refractivity contribution in [2.45, 2.75) is 19.9 Å². The van der Waals surface area contributed by atoms with Gasteiger partial charge in [0.25, 0.3) is 5.91 Å². The smallest absolute Gasteiger partial charge is 0.253 e. The van der Waals surface area contributed by atoms with Gasteiger partial charge in [0.15, 0.2) is 0 Å².